The molecule has 1 heterocycles. The minimum atomic E-state index is -0.0857. The van der Waals surface area contributed by atoms with Gasteiger partial charge < -0.3 is 15.0 Å². The van der Waals surface area contributed by atoms with Crippen molar-refractivity contribution in [3.05, 3.63) is 35.4 Å². The molecule has 2 rings (SSSR count). The van der Waals surface area contributed by atoms with Gasteiger partial charge in [-0.2, -0.15) is 0 Å². The lowest BCUT2D eigenvalue weighted by atomic mass is 9.98. The van der Waals surface area contributed by atoms with Gasteiger partial charge in [0.1, 0.15) is 0 Å². The van der Waals surface area contributed by atoms with Gasteiger partial charge in [0.15, 0.2) is 5.96 Å². The predicted octanol–water partition coefficient (Wildman–Crippen LogP) is 2.39. The summed E-state index contributed by atoms with van der Waals surface area (Å²) in [6.07, 6.45) is 2.84. The van der Waals surface area contributed by atoms with Crippen LogP contribution >= 0.6 is 0 Å². The summed E-state index contributed by atoms with van der Waals surface area (Å²) < 4.78 is 5.17. The van der Waals surface area contributed by atoms with Gasteiger partial charge in [0.2, 0.25) is 0 Å². The molecule has 0 bridgehead atoms. The minimum Gasteiger partial charge on any atom is -0.466 e. The zero-order valence-corrected chi connectivity index (χ0v) is 15.0. The van der Waals surface area contributed by atoms with E-state index in [9.17, 15) is 4.79 Å². The first-order chi connectivity index (χ1) is 11.6. The van der Waals surface area contributed by atoms with Crippen molar-refractivity contribution in [3.8, 4) is 0 Å². The number of aliphatic imine (C=N–C) groups is 1. The highest BCUT2D eigenvalue weighted by atomic mass is 16.5. The summed E-state index contributed by atoms with van der Waals surface area (Å²) in [6.45, 7) is 6.85. The lowest BCUT2D eigenvalue weighted by Gasteiger charge is -2.34. The van der Waals surface area contributed by atoms with E-state index >= 15 is 0 Å². The van der Waals surface area contributed by atoms with Gasteiger partial charge >= 0.3 is 5.97 Å². The molecule has 0 aromatic heterocycles. The van der Waals surface area contributed by atoms with E-state index in [1.807, 2.05) is 6.92 Å². The Morgan fingerprint density at radius 1 is 1.46 bits per heavy atom. The number of carbonyl (C=O) groups excluding carboxylic acids is 1. The number of likely N-dealkylation sites (tertiary alicyclic amines) is 1. The lowest BCUT2D eigenvalue weighted by molar-refractivity contribution is -0.149. The Labute approximate surface area is 145 Å². The molecule has 5 nitrogen and oxygen atoms in total. The minimum absolute atomic E-state index is 0.0472. The van der Waals surface area contributed by atoms with E-state index < -0.39 is 0 Å². The molecule has 1 aliphatic heterocycles. The number of benzene rings is 1. The first-order valence-corrected chi connectivity index (χ1v) is 8.81. The molecule has 0 spiro atoms. The molecule has 0 radical (unpaired) electrons. The van der Waals surface area contributed by atoms with Gasteiger partial charge in [-0.25, -0.2) is 0 Å². The Bertz CT molecular complexity index is 571. The van der Waals surface area contributed by atoms with Crippen LogP contribution in [0.3, 0.4) is 0 Å². The number of ether oxygens (including phenoxy) is 1. The van der Waals surface area contributed by atoms with Crippen LogP contribution in [-0.2, 0) is 16.0 Å². The molecule has 1 aliphatic rings. The van der Waals surface area contributed by atoms with Gasteiger partial charge in [0.25, 0.3) is 0 Å². The molecule has 5 heteroatoms. The Balaban J connectivity index is 1.85. The fraction of sp³-hybridized carbons (Fsp3) is 0.579. The van der Waals surface area contributed by atoms with Gasteiger partial charge in [-0.15, -0.1) is 0 Å². The quantitative estimate of drug-likeness (QED) is 0.511. The second-order valence-electron chi connectivity index (χ2n) is 6.25. The number of carbonyl (C=O) groups is 1. The normalized spacial score (nSPS) is 18.4. The molecule has 1 saturated heterocycles. The third-order valence-electron chi connectivity index (χ3n) is 4.33. The topological polar surface area (TPSA) is 53.9 Å². The van der Waals surface area contributed by atoms with Gasteiger partial charge in [0, 0.05) is 26.7 Å². The first kappa shape index (κ1) is 18.3. The van der Waals surface area contributed by atoms with E-state index in [2.05, 4.69) is 46.4 Å². The molecule has 1 aromatic rings. The molecule has 1 N–H and O–H groups in total. The van der Waals surface area contributed by atoms with E-state index in [0.717, 1.165) is 38.3 Å². The zero-order chi connectivity index (χ0) is 17.4. The fourth-order valence-electron chi connectivity index (χ4n) is 3.14. The SMILES string of the molecule is CCOC(=O)C1CCCN(C(=NC)NCCc2cccc(C)c2)C1. The summed E-state index contributed by atoms with van der Waals surface area (Å²) in [4.78, 5) is 18.5. The van der Waals surface area contributed by atoms with Crippen molar-refractivity contribution in [1.29, 1.82) is 0 Å². The van der Waals surface area contributed by atoms with Crippen LogP contribution in [0.25, 0.3) is 0 Å². The molecular formula is C19H29N3O2. The summed E-state index contributed by atoms with van der Waals surface area (Å²) >= 11 is 0. The van der Waals surface area contributed by atoms with Crippen LogP contribution in [0.4, 0.5) is 0 Å². The Hall–Kier alpha value is -2.04. The van der Waals surface area contributed by atoms with Crippen LogP contribution in [0.2, 0.25) is 0 Å². The summed E-state index contributed by atoms with van der Waals surface area (Å²) in [5.41, 5.74) is 2.60. The van der Waals surface area contributed by atoms with Crippen LogP contribution in [0, 0.1) is 12.8 Å². The number of rotatable bonds is 5. The highest BCUT2D eigenvalue weighted by Gasteiger charge is 2.28. The van der Waals surface area contributed by atoms with Crippen molar-refractivity contribution in [2.24, 2.45) is 10.9 Å². The highest BCUT2D eigenvalue weighted by molar-refractivity contribution is 5.81. The number of esters is 1. The van der Waals surface area contributed by atoms with E-state index in [4.69, 9.17) is 4.74 Å². The molecule has 1 aromatic carbocycles. The maximum absolute atomic E-state index is 12.0. The van der Waals surface area contributed by atoms with Gasteiger partial charge in [0.05, 0.1) is 12.5 Å². The summed E-state index contributed by atoms with van der Waals surface area (Å²) in [7, 11) is 1.79. The Morgan fingerprint density at radius 3 is 3.00 bits per heavy atom. The van der Waals surface area contributed by atoms with Gasteiger partial charge in [-0.05, 0) is 38.7 Å². The smallest absolute Gasteiger partial charge is 0.310 e. The summed E-state index contributed by atoms with van der Waals surface area (Å²) in [5.74, 6) is 0.739. The largest absolute Gasteiger partial charge is 0.466 e. The van der Waals surface area contributed by atoms with Crippen molar-refractivity contribution in [2.45, 2.75) is 33.1 Å². The van der Waals surface area contributed by atoms with Crippen molar-refractivity contribution in [3.63, 3.8) is 0 Å². The number of nitrogens with zero attached hydrogens (tertiary/aromatic N) is 2. The number of aryl methyl sites for hydroxylation is 1. The van der Waals surface area contributed by atoms with Gasteiger partial charge in [-0.3, -0.25) is 9.79 Å². The van der Waals surface area contributed by atoms with E-state index in [1.54, 1.807) is 7.05 Å². The molecule has 1 fully saturated rings. The number of guanidine groups is 1. The number of hydrogen-bond donors (Lipinski definition) is 1. The van der Waals surface area contributed by atoms with Crippen LogP contribution in [0.15, 0.2) is 29.3 Å². The van der Waals surface area contributed by atoms with Crippen LogP contribution in [-0.4, -0.2) is 50.1 Å². The van der Waals surface area contributed by atoms with Crippen molar-refractivity contribution >= 4 is 11.9 Å². The first-order valence-electron chi connectivity index (χ1n) is 8.81. The number of nitrogens with one attached hydrogen (secondary N) is 1. The van der Waals surface area contributed by atoms with Crippen molar-refractivity contribution < 1.29 is 9.53 Å². The average Bonchev–Trinajstić information content (AvgIpc) is 2.59. The van der Waals surface area contributed by atoms with Gasteiger partial charge in [-0.1, -0.05) is 29.8 Å². The molecule has 132 valence electrons. The monoisotopic (exact) mass is 331 g/mol. The standard InChI is InChI=1S/C19H29N3O2/c1-4-24-18(23)17-9-6-12-22(14-17)19(20-3)21-11-10-16-8-5-7-15(2)13-16/h5,7-8,13,17H,4,6,9-12,14H2,1-3H3,(H,20,21). The Morgan fingerprint density at radius 2 is 2.29 bits per heavy atom. The van der Waals surface area contributed by atoms with E-state index in [-0.39, 0.29) is 11.9 Å². The molecule has 1 atom stereocenters. The predicted molar refractivity (Wildman–Crippen MR) is 97.2 cm³/mol. The third kappa shape index (κ3) is 5.25. The van der Waals surface area contributed by atoms with Crippen LogP contribution in [0.1, 0.15) is 30.9 Å². The Kier molecular flexibility index (Phi) is 7.09. The maximum Gasteiger partial charge on any atom is 0.310 e. The molecular weight excluding hydrogens is 302 g/mol. The summed E-state index contributed by atoms with van der Waals surface area (Å²) in [5, 5.41) is 3.42. The lowest BCUT2D eigenvalue weighted by Crippen LogP contribution is -2.48. The third-order valence-corrected chi connectivity index (χ3v) is 4.33. The molecule has 24 heavy (non-hydrogen) atoms. The molecule has 1 unspecified atom stereocenters. The zero-order valence-electron chi connectivity index (χ0n) is 15.0. The molecule has 0 aliphatic carbocycles. The number of piperidine rings is 1. The fourth-order valence-corrected chi connectivity index (χ4v) is 3.14. The van der Waals surface area contributed by atoms with Crippen LogP contribution in [0.5, 0.6) is 0 Å². The maximum atomic E-state index is 12.0. The number of hydrogen-bond acceptors (Lipinski definition) is 3. The highest BCUT2D eigenvalue weighted by Crippen LogP contribution is 2.18. The van der Waals surface area contributed by atoms with E-state index in [1.165, 1.54) is 11.1 Å². The second-order valence-corrected chi connectivity index (χ2v) is 6.25. The second kappa shape index (κ2) is 9.30. The average molecular weight is 331 g/mol. The van der Waals surface area contributed by atoms with E-state index in [0.29, 0.717) is 13.2 Å². The van der Waals surface area contributed by atoms with Crippen LogP contribution < -0.4 is 5.32 Å². The van der Waals surface area contributed by atoms with Crippen molar-refractivity contribution in [1.82, 2.24) is 10.2 Å². The summed E-state index contributed by atoms with van der Waals surface area (Å²) in [6, 6.07) is 8.56. The molecule has 0 amide bonds. The van der Waals surface area contributed by atoms with Crippen molar-refractivity contribution in [2.75, 3.05) is 33.3 Å². The molecule has 0 saturated carbocycles.